The zero-order valence-electron chi connectivity index (χ0n) is 12.8. The van der Waals surface area contributed by atoms with Crippen molar-refractivity contribution >= 4 is 11.5 Å². The lowest BCUT2D eigenvalue weighted by Gasteiger charge is -2.08. The number of nitrogens with zero attached hydrogens (tertiary/aromatic N) is 4. The van der Waals surface area contributed by atoms with Crippen LogP contribution in [0.1, 0.15) is 5.56 Å². The second-order valence-corrected chi connectivity index (χ2v) is 5.37. The summed E-state index contributed by atoms with van der Waals surface area (Å²) in [6.45, 7) is 0.642. The summed E-state index contributed by atoms with van der Waals surface area (Å²) in [5.41, 5.74) is 3.66. The highest BCUT2D eigenvalue weighted by atomic mass is 16.3. The molecule has 0 spiro atoms. The van der Waals surface area contributed by atoms with E-state index in [-0.39, 0.29) is 5.75 Å². The number of phenols is 1. The average Bonchev–Trinajstić information content (AvgIpc) is 3.05. The second kappa shape index (κ2) is 6.00. The number of nitrogens with one attached hydrogen (secondary N) is 1. The van der Waals surface area contributed by atoms with Gasteiger partial charge in [-0.1, -0.05) is 12.1 Å². The number of hydrogen-bond acceptors (Lipinski definition) is 5. The molecular formula is C18H15N5O. The minimum absolute atomic E-state index is 0.229. The Hall–Kier alpha value is -3.41. The Kier molecular flexibility index (Phi) is 3.55. The highest BCUT2D eigenvalue weighted by Crippen LogP contribution is 2.25. The van der Waals surface area contributed by atoms with Crippen LogP contribution in [0.3, 0.4) is 0 Å². The molecule has 0 saturated carbocycles. The quantitative estimate of drug-likeness (QED) is 0.605. The molecule has 0 aliphatic carbocycles. The predicted octanol–water partition coefficient (Wildman–Crippen LogP) is 3.11. The average molecular weight is 317 g/mol. The number of hydrogen-bond donors (Lipinski definition) is 2. The van der Waals surface area contributed by atoms with Crippen molar-refractivity contribution in [3.63, 3.8) is 0 Å². The molecule has 0 saturated heterocycles. The first kappa shape index (κ1) is 14.2. The van der Waals surface area contributed by atoms with Gasteiger partial charge in [-0.3, -0.25) is 9.38 Å². The van der Waals surface area contributed by atoms with Crippen molar-refractivity contribution in [3.8, 4) is 17.0 Å². The molecular weight excluding hydrogens is 302 g/mol. The van der Waals surface area contributed by atoms with Crippen LogP contribution in [0.25, 0.3) is 16.9 Å². The molecule has 0 aliphatic rings. The zero-order valence-corrected chi connectivity index (χ0v) is 12.8. The van der Waals surface area contributed by atoms with Crippen molar-refractivity contribution in [1.29, 1.82) is 0 Å². The van der Waals surface area contributed by atoms with Gasteiger partial charge < -0.3 is 10.4 Å². The van der Waals surface area contributed by atoms with Crippen molar-refractivity contribution in [2.45, 2.75) is 6.54 Å². The summed E-state index contributed by atoms with van der Waals surface area (Å²) in [6.07, 6.45) is 8.90. The number of benzene rings is 1. The van der Waals surface area contributed by atoms with Crippen LogP contribution < -0.4 is 5.32 Å². The largest absolute Gasteiger partial charge is 0.508 e. The van der Waals surface area contributed by atoms with Crippen molar-refractivity contribution in [2.24, 2.45) is 0 Å². The van der Waals surface area contributed by atoms with Crippen LogP contribution in [0.15, 0.2) is 67.4 Å². The topological polar surface area (TPSA) is 75.3 Å². The maximum atomic E-state index is 9.69. The van der Waals surface area contributed by atoms with Gasteiger partial charge in [0.1, 0.15) is 5.75 Å². The van der Waals surface area contributed by atoms with Gasteiger partial charge in [0, 0.05) is 36.9 Å². The monoisotopic (exact) mass is 317 g/mol. The first-order valence-electron chi connectivity index (χ1n) is 7.55. The smallest absolute Gasteiger partial charge is 0.180 e. The number of fused-ring (bicyclic) bond motifs is 1. The third-order valence-electron chi connectivity index (χ3n) is 3.78. The van der Waals surface area contributed by atoms with Crippen LogP contribution in [0.2, 0.25) is 0 Å². The Bertz CT molecular complexity index is 981. The van der Waals surface area contributed by atoms with Gasteiger partial charge in [-0.15, -0.1) is 0 Å². The molecule has 1 aromatic carbocycles. The van der Waals surface area contributed by atoms with Crippen LogP contribution in [-0.4, -0.2) is 24.5 Å². The van der Waals surface area contributed by atoms with Gasteiger partial charge >= 0.3 is 0 Å². The Morgan fingerprint density at radius 1 is 1.04 bits per heavy atom. The molecule has 118 valence electrons. The molecule has 0 aliphatic heterocycles. The molecule has 4 rings (SSSR count). The SMILES string of the molecule is Oc1cccc(-c2cnc3c(NCc4ccncc4)nccn23)c1. The lowest BCUT2D eigenvalue weighted by Crippen LogP contribution is -2.04. The van der Waals surface area contributed by atoms with E-state index >= 15 is 0 Å². The lowest BCUT2D eigenvalue weighted by molar-refractivity contribution is 0.475. The van der Waals surface area contributed by atoms with Gasteiger partial charge in [0.05, 0.1) is 11.9 Å². The summed E-state index contributed by atoms with van der Waals surface area (Å²) >= 11 is 0. The van der Waals surface area contributed by atoms with Gasteiger partial charge in [-0.05, 0) is 29.8 Å². The van der Waals surface area contributed by atoms with E-state index in [1.165, 1.54) is 0 Å². The number of anilines is 1. The van der Waals surface area contributed by atoms with E-state index < -0.39 is 0 Å². The summed E-state index contributed by atoms with van der Waals surface area (Å²) in [5, 5.41) is 13.0. The number of aromatic nitrogens is 4. The molecule has 6 nitrogen and oxygen atoms in total. The van der Waals surface area contributed by atoms with E-state index in [0.29, 0.717) is 12.4 Å². The number of rotatable bonds is 4. The van der Waals surface area contributed by atoms with Gasteiger partial charge in [0.25, 0.3) is 0 Å². The fraction of sp³-hybridized carbons (Fsp3) is 0.0556. The molecule has 6 heteroatoms. The minimum atomic E-state index is 0.229. The molecule has 3 aromatic heterocycles. The Morgan fingerprint density at radius 2 is 1.92 bits per heavy atom. The van der Waals surface area contributed by atoms with Crippen molar-refractivity contribution in [3.05, 3.63) is 72.9 Å². The molecule has 0 radical (unpaired) electrons. The fourth-order valence-corrected chi connectivity index (χ4v) is 2.61. The maximum absolute atomic E-state index is 9.69. The summed E-state index contributed by atoms with van der Waals surface area (Å²) < 4.78 is 1.96. The Balaban J connectivity index is 1.69. The maximum Gasteiger partial charge on any atom is 0.180 e. The van der Waals surface area contributed by atoms with Crippen LogP contribution in [-0.2, 0) is 6.54 Å². The van der Waals surface area contributed by atoms with Crippen molar-refractivity contribution < 1.29 is 5.11 Å². The molecule has 3 heterocycles. The highest BCUT2D eigenvalue weighted by molar-refractivity contribution is 5.71. The van der Waals surface area contributed by atoms with E-state index in [0.717, 1.165) is 22.5 Å². The molecule has 0 fully saturated rings. The highest BCUT2D eigenvalue weighted by Gasteiger charge is 2.10. The first-order chi connectivity index (χ1) is 11.8. The van der Waals surface area contributed by atoms with Gasteiger partial charge in [-0.2, -0.15) is 0 Å². The standard InChI is InChI=1S/C18H15N5O/c24-15-3-1-2-14(10-15)16-12-22-18-17(20-8-9-23(16)18)21-11-13-4-6-19-7-5-13/h1-10,12,24H,11H2,(H,20,21). The predicted molar refractivity (Wildman–Crippen MR) is 91.7 cm³/mol. The van der Waals surface area contributed by atoms with Gasteiger partial charge in [0.15, 0.2) is 11.5 Å². The number of imidazole rings is 1. The molecule has 24 heavy (non-hydrogen) atoms. The van der Waals surface area contributed by atoms with Crippen molar-refractivity contribution in [2.75, 3.05) is 5.32 Å². The van der Waals surface area contributed by atoms with E-state index in [4.69, 9.17) is 0 Å². The summed E-state index contributed by atoms with van der Waals surface area (Å²) in [4.78, 5) is 12.9. The third kappa shape index (κ3) is 2.65. The summed E-state index contributed by atoms with van der Waals surface area (Å²) in [6, 6.07) is 11.0. The molecule has 2 N–H and O–H groups in total. The normalized spacial score (nSPS) is 10.8. The number of aromatic hydroxyl groups is 1. The van der Waals surface area contributed by atoms with E-state index in [1.807, 2.05) is 34.9 Å². The molecule has 0 unspecified atom stereocenters. The molecule has 0 amide bonds. The van der Waals surface area contributed by atoms with Crippen LogP contribution in [0.5, 0.6) is 5.75 Å². The third-order valence-corrected chi connectivity index (χ3v) is 3.78. The molecule has 0 bridgehead atoms. The second-order valence-electron chi connectivity index (χ2n) is 5.37. The lowest BCUT2D eigenvalue weighted by atomic mass is 10.1. The van der Waals surface area contributed by atoms with E-state index in [2.05, 4.69) is 20.3 Å². The summed E-state index contributed by atoms with van der Waals surface area (Å²) in [5.74, 6) is 0.938. The van der Waals surface area contributed by atoms with Crippen molar-refractivity contribution in [1.82, 2.24) is 19.4 Å². The van der Waals surface area contributed by atoms with E-state index in [1.54, 1.807) is 36.9 Å². The van der Waals surface area contributed by atoms with E-state index in [9.17, 15) is 5.11 Å². The van der Waals surface area contributed by atoms with Crippen LogP contribution in [0.4, 0.5) is 5.82 Å². The molecule has 4 aromatic rings. The Labute approximate surface area is 138 Å². The van der Waals surface area contributed by atoms with Gasteiger partial charge in [-0.25, -0.2) is 9.97 Å². The fourth-order valence-electron chi connectivity index (χ4n) is 2.61. The number of phenolic OH excluding ortho intramolecular Hbond substituents is 1. The summed E-state index contributed by atoms with van der Waals surface area (Å²) in [7, 11) is 0. The van der Waals surface area contributed by atoms with Crippen LogP contribution >= 0.6 is 0 Å². The Morgan fingerprint density at radius 3 is 2.75 bits per heavy atom. The molecule has 0 atom stereocenters. The first-order valence-corrected chi connectivity index (χ1v) is 7.55. The zero-order chi connectivity index (χ0) is 16.4. The minimum Gasteiger partial charge on any atom is -0.508 e. The van der Waals surface area contributed by atoms with Gasteiger partial charge in [0.2, 0.25) is 0 Å². The van der Waals surface area contributed by atoms with Crippen LogP contribution in [0, 0.1) is 0 Å². The number of pyridine rings is 1.